The van der Waals surface area contributed by atoms with Crippen LogP contribution in [0.4, 0.5) is 0 Å². The molecule has 1 aromatic rings. The third kappa shape index (κ3) is 1.21. The molecule has 2 heterocycles. The molecule has 0 saturated carbocycles. The van der Waals surface area contributed by atoms with Crippen molar-refractivity contribution < 1.29 is 9.84 Å². The molecule has 2 unspecified atom stereocenters. The predicted octanol–water partition coefficient (Wildman–Crippen LogP) is 2.47. The van der Waals surface area contributed by atoms with E-state index in [0.717, 1.165) is 25.1 Å². The number of nitrogens with zero attached hydrogens (tertiary/aromatic N) is 1. The molecule has 2 bridgehead atoms. The van der Waals surface area contributed by atoms with E-state index in [4.69, 9.17) is 4.74 Å². The van der Waals surface area contributed by atoms with Gasteiger partial charge in [-0.1, -0.05) is 25.1 Å². The zero-order valence-electron chi connectivity index (χ0n) is 12.5. The minimum Gasteiger partial charge on any atom is -0.504 e. The highest BCUT2D eigenvalue weighted by Crippen LogP contribution is 2.63. The summed E-state index contributed by atoms with van der Waals surface area (Å²) < 4.78 is 6.34. The number of likely N-dealkylation sites (tertiary alicyclic amines) is 1. The van der Waals surface area contributed by atoms with Crippen LogP contribution in [0, 0.1) is 11.8 Å². The second kappa shape index (κ2) is 3.64. The number of piperidine rings is 1. The molecule has 21 heavy (non-hydrogen) atoms. The van der Waals surface area contributed by atoms with E-state index in [2.05, 4.69) is 37.1 Å². The Morgan fingerprint density at radius 1 is 1.33 bits per heavy atom. The van der Waals surface area contributed by atoms with Crippen molar-refractivity contribution in [1.29, 1.82) is 0 Å². The van der Waals surface area contributed by atoms with Gasteiger partial charge in [-0.25, -0.2) is 0 Å². The summed E-state index contributed by atoms with van der Waals surface area (Å²) in [4.78, 5) is 2.51. The fourth-order valence-corrected chi connectivity index (χ4v) is 5.50. The van der Waals surface area contributed by atoms with Crippen LogP contribution >= 0.6 is 0 Å². The van der Waals surface area contributed by atoms with Crippen molar-refractivity contribution in [3.63, 3.8) is 0 Å². The molecule has 5 atom stereocenters. The molecule has 4 aliphatic rings. The van der Waals surface area contributed by atoms with Crippen LogP contribution in [-0.4, -0.2) is 35.7 Å². The smallest absolute Gasteiger partial charge is 0.165 e. The second-order valence-electron chi connectivity index (χ2n) is 7.30. The van der Waals surface area contributed by atoms with E-state index in [1.807, 2.05) is 6.07 Å². The summed E-state index contributed by atoms with van der Waals surface area (Å²) >= 11 is 0. The van der Waals surface area contributed by atoms with Gasteiger partial charge in [0.05, 0.1) is 0 Å². The van der Waals surface area contributed by atoms with Crippen LogP contribution < -0.4 is 4.74 Å². The summed E-state index contributed by atoms with van der Waals surface area (Å²) in [5, 5.41) is 10.3. The first kappa shape index (κ1) is 12.1. The van der Waals surface area contributed by atoms with Crippen molar-refractivity contribution >= 4 is 0 Å². The normalized spacial score (nSPS) is 42.6. The Hall–Kier alpha value is -1.48. The van der Waals surface area contributed by atoms with E-state index in [0.29, 0.717) is 23.6 Å². The molecule has 1 aromatic carbocycles. The largest absolute Gasteiger partial charge is 0.504 e. The van der Waals surface area contributed by atoms with Gasteiger partial charge in [-0.3, -0.25) is 0 Å². The van der Waals surface area contributed by atoms with Gasteiger partial charge in [0.2, 0.25) is 0 Å². The van der Waals surface area contributed by atoms with Gasteiger partial charge in [0, 0.05) is 28.9 Å². The van der Waals surface area contributed by atoms with Gasteiger partial charge in [0.1, 0.15) is 6.10 Å². The summed E-state index contributed by atoms with van der Waals surface area (Å²) in [6, 6.07) is 4.50. The molecule has 0 amide bonds. The molecule has 0 radical (unpaired) electrons. The van der Waals surface area contributed by atoms with Crippen molar-refractivity contribution in [3.8, 4) is 11.5 Å². The minimum absolute atomic E-state index is 0.0903. The van der Waals surface area contributed by atoms with E-state index in [1.54, 1.807) is 0 Å². The lowest BCUT2D eigenvalue weighted by Crippen LogP contribution is -2.63. The lowest BCUT2D eigenvalue weighted by molar-refractivity contribution is -0.0143. The van der Waals surface area contributed by atoms with Crippen LogP contribution in [0.15, 0.2) is 24.3 Å². The monoisotopic (exact) mass is 283 g/mol. The number of ether oxygens (including phenoxy) is 1. The Morgan fingerprint density at radius 2 is 2.19 bits per heavy atom. The quantitative estimate of drug-likeness (QED) is 0.743. The summed E-state index contributed by atoms with van der Waals surface area (Å²) in [5.41, 5.74) is 2.81. The molecule has 0 aromatic heterocycles. The van der Waals surface area contributed by atoms with Crippen LogP contribution in [0.1, 0.15) is 24.5 Å². The van der Waals surface area contributed by atoms with Gasteiger partial charge < -0.3 is 14.7 Å². The molecule has 1 fully saturated rings. The Kier molecular flexibility index (Phi) is 2.10. The average molecular weight is 283 g/mol. The highest BCUT2D eigenvalue weighted by atomic mass is 16.5. The van der Waals surface area contributed by atoms with Gasteiger partial charge in [-0.2, -0.15) is 0 Å². The summed E-state index contributed by atoms with van der Waals surface area (Å²) in [6.45, 7) is 3.37. The maximum Gasteiger partial charge on any atom is 0.165 e. The number of phenols is 1. The molecule has 3 nitrogen and oxygen atoms in total. The van der Waals surface area contributed by atoms with Crippen LogP contribution in [-0.2, 0) is 11.8 Å². The molecule has 110 valence electrons. The number of rotatable bonds is 0. The lowest BCUT2D eigenvalue weighted by atomic mass is 9.52. The number of hydrogen-bond acceptors (Lipinski definition) is 3. The fourth-order valence-electron chi connectivity index (χ4n) is 5.50. The number of phenolic OH excluding ortho intramolecular Hbond substituents is 1. The standard InChI is InChI=1S/C18H21NO2/c1-10-3-5-12-13-9-11-4-6-14(20)16-15(11)18(12,17(10)21-16)7-8-19(13)2/h3-6,10,12-13,17,20H,7-9H2,1-2H3/t10?,12?,13-,17+,18+/m1/s1. The van der Waals surface area contributed by atoms with Gasteiger partial charge in [-0.15, -0.1) is 0 Å². The molecule has 1 spiro atoms. The van der Waals surface area contributed by atoms with Crippen LogP contribution in [0.25, 0.3) is 0 Å². The van der Waals surface area contributed by atoms with E-state index in [1.165, 1.54) is 11.1 Å². The zero-order chi connectivity index (χ0) is 14.4. The third-order valence-corrected chi connectivity index (χ3v) is 6.42. The molecule has 1 N–H and O–H groups in total. The topological polar surface area (TPSA) is 32.7 Å². The molecule has 2 aliphatic heterocycles. The SMILES string of the molecule is CC1C=CC2[C@H]3Cc4ccc(O)c5c4[C@@]2(CCN3C)[C@H]1O5. The number of likely N-dealkylation sites (N-methyl/N-ethyl adjacent to an activating group) is 1. The first-order valence-electron chi connectivity index (χ1n) is 8.03. The highest BCUT2D eigenvalue weighted by Gasteiger charge is 2.63. The van der Waals surface area contributed by atoms with Crippen LogP contribution in [0.3, 0.4) is 0 Å². The average Bonchev–Trinajstić information content (AvgIpc) is 2.83. The molecule has 1 saturated heterocycles. The van der Waals surface area contributed by atoms with E-state index < -0.39 is 0 Å². The summed E-state index contributed by atoms with van der Waals surface area (Å²) in [7, 11) is 2.25. The van der Waals surface area contributed by atoms with Crippen molar-refractivity contribution in [2.75, 3.05) is 13.6 Å². The Morgan fingerprint density at radius 3 is 3.05 bits per heavy atom. The number of hydrogen-bond donors (Lipinski definition) is 1. The maximum absolute atomic E-state index is 10.3. The van der Waals surface area contributed by atoms with Gasteiger partial charge in [0.15, 0.2) is 11.5 Å². The van der Waals surface area contributed by atoms with Gasteiger partial charge in [-0.05, 0) is 38.1 Å². The number of aromatic hydroxyl groups is 1. The molecule has 2 aliphatic carbocycles. The van der Waals surface area contributed by atoms with Crippen molar-refractivity contribution in [2.24, 2.45) is 11.8 Å². The van der Waals surface area contributed by atoms with Crippen LogP contribution in [0.2, 0.25) is 0 Å². The van der Waals surface area contributed by atoms with E-state index in [-0.39, 0.29) is 11.5 Å². The second-order valence-corrected chi connectivity index (χ2v) is 7.30. The zero-order valence-corrected chi connectivity index (χ0v) is 12.5. The Labute approximate surface area is 125 Å². The fraction of sp³-hybridized carbons (Fsp3) is 0.556. The number of benzene rings is 1. The van der Waals surface area contributed by atoms with Crippen molar-refractivity contribution in [3.05, 3.63) is 35.4 Å². The Balaban J connectivity index is 1.84. The first-order valence-corrected chi connectivity index (χ1v) is 8.03. The summed E-state index contributed by atoms with van der Waals surface area (Å²) in [5.74, 6) is 2.03. The first-order chi connectivity index (χ1) is 10.1. The highest BCUT2D eigenvalue weighted by molar-refractivity contribution is 5.61. The minimum atomic E-state index is 0.0903. The van der Waals surface area contributed by atoms with Crippen molar-refractivity contribution in [1.82, 2.24) is 4.90 Å². The van der Waals surface area contributed by atoms with E-state index >= 15 is 0 Å². The predicted molar refractivity (Wildman–Crippen MR) is 80.7 cm³/mol. The molecular formula is C18H21NO2. The van der Waals surface area contributed by atoms with Gasteiger partial charge >= 0.3 is 0 Å². The molecule has 5 rings (SSSR count). The summed E-state index contributed by atoms with van der Waals surface area (Å²) in [6.07, 6.45) is 7.15. The van der Waals surface area contributed by atoms with Gasteiger partial charge in [0.25, 0.3) is 0 Å². The molecule has 3 heteroatoms. The Bertz CT molecular complexity index is 667. The maximum atomic E-state index is 10.3. The molecular weight excluding hydrogens is 262 g/mol. The van der Waals surface area contributed by atoms with Crippen LogP contribution in [0.5, 0.6) is 11.5 Å². The van der Waals surface area contributed by atoms with E-state index in [9.17, 15) is 5.11 Å². The third-order valence-electron chi connectivity index (χ3n) is 6.42. The lowest BCUT2D eigenvalue weighted by Gasteiger charge is -2.56. The van der Waals surface area contributed by atoms with Crippen molar-refractivity contribution in [2.45, 2.75) is 37.3 Å².